The third-order valence-electron chi connectivity index (χ3n) is 3.21. The average molecular weight is 312 g/mol. The summed E-state index contributed by atoms with van der Waals surface area (Å²) in [5.74, 6) is 0.536. The van der Waals surface area contributed by atoms with Gasteiger partial charge >= 0.3 is 0 Å². The Bertz CT molecular complexity index is 684. The summed E-state index contributed by atoms with van der Waals surface area (Å²) in [7, 11) is 0. The van der Waals surface area contributed by atoms with Crippen molar-refractivity contribution in [1.82, 2.24) is 19.7 Å². The second-order valence-electron chi connectivity index (χ2n) is 4.53. The number of anilines is 1. The molecule has 1 aromatic carbocycles. The highest BCUT2D eigenvalue weighted by atomic mass is 35.5. The number of halogens is 2. The van der Waals surface area contributed by atoms with Crippen molar-refractivity contribution in [1.29, 1.82) is 0 Å². The van der Waals surface area contributed by atoms with Crippen LogP contribution in [-0.4, -0.2) is 32.1 Å². The Balaban J connectivity index is 1.91. The maximum absolute atomic E-state index is 12.5. The molecule has 2 heterocycles. The number of aromatic nitrogens is 3. The summed E-state index contributed by atoms with van der Waals surface area (Å²) >= 11 is 12.0. The molecule has 0 bridgehead atoms. The molecule has 0 saturated heterocycles. The van der Waals surface area contributed by atoms with Crippen molar-refractivity contribution in [2.45, 2.75) is 13.1 Å². The van der Waals surface area contributed by atoms with Crippen LogP contribution in [0.25, 0.3) is 0 Å². The van der Waals surface area contributed by atoms with Crippen LogP contribution in [0.2, 0.25) is 10.0 Å². The van der Waals surface area contributed by atoms with Crippen LogP contribution in [0, 0.1) is 0 Å². The lowest BCUT2D eigenvalue weighted by atomic mass is 10.1. The van der Waals surface area contributed by atoms with E-state index >= 15 is 0 Å². The summed E-state index contributed by atoms with van der Waals surface area (Å²) in [4.78, 5) is 14.2. The van der Waals surface area contributed by atoms with Gasteiger partial charge in [-0.1, -0.05) is 23.2 Å². The maximum atomic E-state index is 12.5. The summed E-state index contributed by atoms with van der Waals surface area (Å²) in [6.45, 7) is 1.61. The van der Waals surface area contributed by atoms with Crippen molar-refractivity contribution in [2.24, 2.45) is 0 Å². The Morgan fingerprint density at radius 2 is 2.10 bits per heavy atom. The smallest absolute Gasteiger partial charge is 0.255 e. The van der Waals surface area contributed by atoms with Gasteiger partial charge in [-0.25, -0.2) is 0 Å². The van der Waals surface area contributed by atoms with Gasteiger partial charge < -0.3 is 15.2 Å². The van der Waals surface area contributed by atoms with Gasteiger partial charge in [0.25, 0.3) is 5.91 Å². The first-order valence-electron chi connectivity index (χ1n) is 5.96. The van der Waals surface area contributed by atoms with Crippen LogP contribution in [0.3, 0.4) is 0 Å². The number of nitrogen functional groups attached to an aromatic ring is 1. The van der Waals surface area contributed by atoms with E-state index < -0.39 is 0 Å². The fraction of sp³-hybridized carbons (Fsp3) is 0.250. The zero-order valence-corrected chi connectivity index (χ0v) is 11.9. The van der Waals surface area contributed by atoms with Crippen molar-refractivity contribution in [3.63, 3.8) is 0 Å². The molecular weight excluding hydrogens is 301 g/mol. The number of rotatable bonds is 1. The number of carbonyl (C=O) groups excluding carboxylic acids is 1. The number of benzene rings is 1. The summed E-state index contributed by atoms with van der Waals surface area (Å²) in [5, 5.41) is 8.29. The molecule has 0 fully saturated rings. The molecular formula is C12H11Cl2N5O. The second-order valence-corrected chi connectivity index (χ2v) is 5.32. The van der Waals surface area contributed by atoms with Crippen molar-refractivity contribution in [3.8, 4) is 0 Å². The van der Waals surface area contributed by atoms with Crippen molar-refractivity contribution in [3.05, 3.63) is 39.9 Å². The summed E-state index contributed by atoms with van der Waals surface area (Å²) < 4.78 is 1.91. The topological polar surface area (TPSA) is 77.0 Å². The monoisotopic (exact) mass is 311 g/mol. The molecule has 0 saturated carbocycles. The number of nitrogens with zero attached hydrogens (tertiary/aromatic N) is 4. The first-order chi connectivity index (χ1) is 9.56. The molecule has 1 amide bonds. The highest BCUT2D eigenvalue weighted by Crippen LogP contribution is 2.30. The molecule has 0 spiro atoms. The Hall–Kier alpha value is -1.79. The van der Waals surface area contributed by atoms with Gasteiger partial charge in [-0.05, 0) is 12.1 Å². The zero-order chi connectivity index (χ0) is 14.3. The Morgan fingerprint density at radius 3 is 2.90 bits per heavy atom. The number of hydrogen-bond acceptors (Lipinski definition) is 4. The fourth-order valence-electron chi connectivity index (χ4n) is 2.18. The predicted molar refractivity (Wildman–Crippen MR) is 75.6 cm³/mol. The van der Waals surface area contributed by atoms with Gasteiger partial charge in [0.2, 0.25) is 0 Å². The average Bonchev–Trinajstić information content (AvgIpc) is 2.89. The van der Waals surface area contributed by atoms with Gasteiger partial charge in [-0.15, -0.1) is 10.2 Å². The number of carbonyl (C=O) groups is 1. The standard InChI is InChI=1S/C12H11Cl2N5O/c13-9-4-7(15)3-8(11(9)14)12(20)18-1-2-19-6-16-17-10(19)5-18/h3-4,6H,1-2,5,15H2. The molecule has 3 rings (SSSR count). The van der Waals surface area contributed by atoms with Gasteiger partial charge in [0.1, 0.15) is 6.33 Å². The van der Waals surface area contributed by atoms with E-state index in [0.717, 1.165) is 5.82 Å². The Kier molecular flexibility index (Phi) is 3.27. The maximum Gasteiger partial charge on any atom is 0.255 e. The van der Waals surface area contributed by atoms with Gasteiger partial charge in [-0.3, -0.25) is 4.79 Å². The molecule has 0 aliphatic carbocycles. The quantitative estimate of drug-likeness (QED) is 0.815. The molecule has 1 aliphatic rings. The molecule has 6 nitrogen and oxygen atoms in total. The predicted octanol–water partition coefficient (Wildman–Crippen LogP) is 1.82. The van der Waals surface area contributed by atoms with Crippen LogP contribution in [0.1, 0.15) is 16.2 Å². The van der Waals surface area contributed by atoms with Crippen LogP contribution in [0.4, 0.5) is 5.69 Å². The second kappa shape index (κ2) is 4.96. The molecule has 104 valence electrons. The van der Waals surface area contributed by atoms with E-state index in [1.807, 2.05) is 4.57 Å². The number of amides is 1. The minimum absolute atomic E-state index is 0.210. The van der Waals surface area contributed by atoms with Crippen LogP contribution in [0.5, 0.6) is 0 Å². The Labute approximate surface area is 125 Å². The molecule has 1 aliphatic heterocycles. The van der Waals surface area contributed by atoms with E-state index in [9.17, 15) is 4.79 Å². The molecule has 0 unspecified atom stereocenters. The first-order valence-corrected chi connectivity index (χ1v) is 6.72. The number of nitrogens with two attached hydrogens (primary N) is 1. The van der Waals surface area contributed by atoms with E-state index in [2.05, 4.69) is 10.2 Å². The third-order valence-corrected chi connectivity index (χ3v) is 4.01. The van der Waals surface area contributed by atoms with Crippen molar-refractivity contribution < 1.29 is 4.79 Å². The Morgan fingerprint density at radius 1 is 1.30 bits per heavy atom. The number of hydrogen-bond donors (Lipinski definition) is 1. The lowest BCUT2D eigenvalue weighted by Gasteiger charge is -2.27. The van der Waals surface area contributed by atoms with Crippen molar-refractivity contribution >= 4 is 34.8 Å². The third kappa shape index (κ3) is 2.21. The van der Waals surface area contributed by atoms with E-state index in [4.69, 9.17) is 28.9 Å². The van der Waals surface area contributed by atoms with E-state index in [1.54, 1.807) is 11.2 Å². The molecule has 20 heavy (non-hydrogen) atoms. The van der Waals surface area contributed by atoms with E-state index in [1.165, 1.54) is 12.1 Å². The minimum Gasteiger partial charge on any atom is -0.399 e. The lowest BCUT2D eigenvalue weighted by Crippen LogP contribution is -2.38. The highest BCUT2D eigenvalue weighted by Gasteiger charge is 2.25. The van der Waals surface area contributed by atoms with Crippen LogP contribution in [0.15, 0.2) is 18.5 Å². The fourth-order valence-corrected chi connectivity index (χ4v) is 2.59. The lowest BCUT2D eigenvalue weighted by molar-refractivity contribution is 0.0707. The normalized spacial score (nSPS) is 14.2. The SMILES string of the molecule is Nc1cc(Cl)c(Cl)c(C(=O)N2CCn3cnnc3C2)c1. The van der Waals surface area contributed by atoms with Gasteiger partial charge in [-0.2, -0.15) is 0 Å². The van der Waals surface area contributed by atoms with E-state index in [-0.39, 0.29) is 16.0 Å². The van der Waals surface area contributed by atoms with Crippen molar-refractivity contribution in [2.75, 3.05) is 12.3 Å². The molecule has 2 aromatic rings. The molecule has 0 radical (unpaired) electrons. The van der Waals surface area contributed by atoms with E-state index in [0.29, 0.717) is 30.9 Å². The molecule has 0 atom stereocenters. The summed E-state index contributed by atoms with van der Waals surface area (Å²) in [5.41, 5.74) is 6.43. The minimum atomic E-state index is -0.210. The zero-order valence-electron chi connectivity index (χ0n) is 10.4. The van der Waals surface area contributed by atoms with Crippen LogP contribution < -0.4 is 5.73 Å². The largest absolute Gasteiger partial charge is 0.399 e. The molecule has 1 aromatic heterocycles. The van der Waals surface area contributed by atoms with Gasteiger partial charge in [0.05, 0.1) is 22.2 Å². The first kappa shape index (κ1) is 13.2. The van der Waals surface area contributed by atoms with Gasteiger partial charge in [0.15, 0.2) is 5.82 Å². The molecule has 2 N–H and O–H groups in total. The number of fused-ring (bicyclic) bond motifs is 1. The molecule has 8 heteroatoms. The highest BCUT2D eigenvalue weighted by molar-refractivity contribution is 6.44. The summed E-state index contributed by atoms with van der Waals surface area (Å²) in [6.07, 6.45) is 1.65. The summed E-state index contributed by atoms with van der Waals surface area (Å²) in [6, 6.07) is 3.06. The van der Waals surface area contributed by atoms with Crippen LogP contribution in [-0.2, 0) is 13.1 Å². The van der Waals surface area contributed by atoms with Gasteiger partial charge in [0, 0.05) is 18.8 Å². The van der Waals surface area contributed by atoms with Crippen LogP contribution >= 0.6 is 23.2 Å².